The number of allylic oxidation sites excluding steroid dienone is 1. The van der Waals surface area contributed by atoms with E-state index in [1.807, 2.05) is 0 Å². The van der Waals surface area contributed by atoms with Crippen LogP contribution in [0, 0.1) is 5.92 Å². The van der Waals surface area contributed by atoms with Gasteiger partial charge in [0.25, 0.3) is 0 Å². The van der Waals surface area contributed by atoms with Crippen LogP contribution in [0.3, 0.4) is 0 Å². The van der Waals surface area contributed by atoms with Crippen LogP contribution in [0.2, 0.25) is 0 Å². The van der Waals surface area contributed by atoms with Crippen molar-refractivity contribution in [3.63, 3.8) is 0 Å². The standard InChI is InChI=1S/C14H26N2O2S/c1-15(19(2,17)18)11-13-7-6-10-16(12-13)14-8-4-3-5-9-14/h4,8,13-14H,3,5-7,9-12H2,1-2H3/t13-,14-/m0/s1. The Balaban J connectivity index is 1.90. The Morgan fingerprint density at radius 3 is 2.74 bits per heavy atom. The van der Waals surface area contributed by atoms with Crippen molar-refractivity contribution in [3.8, 4) is 0 Å². The van der Waals surface area contributed by atoms with Crippen molar-refractivity contribution in [3.05, 3.63) is 12.2 Å². The van der Waals surface area contributed by atoms with E-state index in [0.717, 1.165) is 19.5 Å². The Labute approximate surface area is 117 Å². The van der Waals surface area contributed by atoms with Gasteiger partial charge < -0.3 is 0 Å². The third-order valence-electron chi connectivity index (χ3n) is 4.33. The van der Waals surface area contributed by atoms with Crippen LogP contribution in [0.25, 0.3) is 0 Å². The molecule has 0 aromatic heterocycles. The molecule has 1 aliphatic carbocycles. The molecule has 1 heterocycles. The molecule has 0 amide bonds. The average Bonchev–Trinajstić information content (AvgIpc) is 2.39. The van der Waals surface area contributed by atoms with Gasteiger partial charge in [-0.05, 0) is 44.6 Å². The first kappa shape index (κ1) is 15.0. The van der Waals surface area contributed by atoms with Crippen molar-refractivity contribution in [2.45, 2.75) is 38.1 Å². The third-order valence-corrected chi connectivity index (χ3v) is 5.61. The predicted octanol–water partition coefficient (Wildman–Crippen LogP) is 1.70. The first-order chi connectivity index (χ1) is 8.97. The van der Waals surface area contributed by atoms with Crippen molar-refractivity contribution in [1.29, 1.82) is 0 Å². The van der Waals surface area contributed by atoms with E-state index in [9.17, 15) is 8.42 Å². The zero-order chi connectivity index (χ0) is 13.9. The molecule has 5 heteroatoms. The Morgan fingerprint density at radius 1 is 1.32 bits per heavy atom. The van der Waals surface area contributed by atoms with Crippen molar-refractivity contribution < 1.29 is 8.42 Å². The molecule has 0 unspecified atom stereocenters. The number of hydrogen-bond donors (Lipinski definition) is 0. The van der Waals surface area contributed by atoms with E-state index >= 15 is 0 Å². The van der Waals surface area contributed by atoms with Crippen LogP contribution in [0.15, 0.2) is 12.2 Å². The molecule has 1 saturated heterocycles. The van der Waals surface area contributed by atoms with Gasteiger partial charge in [-0.3, -0.25) is 4.90 Å². The second kappa shape index (κ2) is 6.37. The van der Waals surface area contributed by atoms with Crippen molar-refractivity contribution in [2.24, 2.45) is 5.92 Å². The number of nitrogens with zero attached hydrogens (tertiary/aromatic N) is 2. The Bertz CT molecular complexity index is 419. The van der Waals surface area contributed by atoms with Crippen LogP contribution in [0.1, 0.15) is 32.1 Å². The number of sulfonamides is 1. The van der Waals surface area contributed by atoms with Gasteiger partial charge in [0.1, 0.15) is 0 Å². The minimum Gasteiger partial charge on any atom is -0.297 e. The predicted molar refractivity (Wildman–Crippen MR) is 78.5 cm³/mol. The summed E-state index contributed by atoms with van der Waals surface area (Å²) in [6, 6.07) is 0.583. The third kappa shape index (κ3) is 4.29. The number of rotatable bonds is 4. The highest BCUT2D eigenvalue weighted by molar-refractivity contribution is 7.88. The SMILES string of the molecule is CN(C[C@@H]1CCCN([C@H]2C=CCCC2)C1)S(C)(=O)=O. The number of likely N-dealkylation sites (tertiary alicyclic amines) is 1. The van der Waals surface area contributed by atoms with Crippen LogP contribution in [-0.4, -0.2) is 56.6 Å². The molecule has 1 fully saturated rings. The Kier molecular flexibility index (Phi) is 5.03. The number of hydrogen-bond acceptors (Lipinski definition) is 3. The quantitative estimate of drug-likeness (QED) is 0.739. The van der Waals surface area contributed by atoms with Gasteiger partial charge in [0, 0.05) is 26.2 Å². The minimum atomic E-state index is -3.04. The van der Waals surface area contributed by atoms with Crippen LogP contribution < -0.4 is 0 Å². The van der Waals surface area contributed by atoms with Crippen LogP contribution in [0.5, 0.6) is 0 Å². The molecule has 0 aromatic carbocycles. The topological polar surface area (TPSA) is 40.6 Å². The molecule has 110 valence electrons. The van der Waals surface area contributed by atoms with Crippen LogP contribution in [0.4, 0.5) is 0 Å². The molecule has 2 rings (SSSR count). The fourth-order valence-corrected chi connectivity index (χ4v) is 3.63. The van der Waals surface area contributed by atoms with Crippen molar-refractivity contribution >= 4 is 10.0 Å². The summed E-state index contributed by atoms with van der Waals surface area (Å²) in [6.07, 6.45) is 12.0. The number of piperidine rings is 1. The molecule has 0 spiro atoms. The van der Waals surface area contributed by atoms with Gasteiger partial charge in [0.15, 0.2) is 0 Å². The van der Waals surface area contributed by atoms with Gasteiger partial charge in [0.05, 0.1) is 6.26 Å². The molecular weight excluding hydrogens is 260 g/mol. The highest BCUT2D eigenvalue weighted by Gasteiger charge is 2.27. The summed E-state index contributed by atoms with van der Waals surface area (Å²) in [4.78, 5) is 2.54. The van der Waals surface area contributed by atoms with Gasteiger partial charge in [-0.1, -0.05) is 12.2 Å². The molecule has 2 atom stereocenters. The first-order valence-electron chi connectivity index (χ1n) is 7.29. The molecule has 0 radical (unpaired) electrons. The van der Waals surface area contributed by atoms with Gasteiger partial charge in [-0.2, -0.15) is 0 Å². The lowest BCUT2D eigenvalue weighted by Crippen LogP contribution is -2.45. The lowest BCUT2D eigenvalue weighted by Gasteiger charge is -2.39. The average molecular weight is 286 g/mol. The molecule has 0 saturated carbocycles. The van der Waals surface area contributed by atoms with Gasteiger partial charge >= 0.3 is 0 Å². The Hall–Kier alpha value is -0.390. The van der Waals surface area contributed by atoms with Crippen molar-refractivity contribution in [2.75, 3.05) is 32.9 Å². The zero-order valence-electron chi connectivity index (χ0n) is 12.1. The molecule has 0 N–H and O–H groups in total. The molecule has 0 bridgehead atoms. The summed E-state index contributed by atoms with van der Waals surface area (Å²) < 4.78 is 24.5. The van der Waals surface area contributed by atoms with Gasteiger partial charge in [0.2, 0.25) is 10.0 Å². The highest BCUT2D eigenvalue weighted by Crippen LogP contribution is 2.24. The molecular formula is C14H26N2O2S. The molecule has 19 heavy (non-hydrogen) atoms. The summed E-state index contributed by atoms with van der Waals surface area (Å²) in [5.74, 6) is 0.476. The van der Waals surface area contributed by atoms with E-state index in [4.69, 9.17) is 0 Å². The highest BCUT2D eigenvalue weighted by atomic mass is 32.2. The van der Waals surface area contributed by atoms with Gasteiger partial charge in [-0.25, -0.2) is 12.7 Å². The van der Waals surface area contributed by atoms with E-state index in [-0.39, 0.29) is 0 Å². The summed E-state index contributed by atoms with van der Waals surface area (Å²) in [5, 5.41) is 0. The fourth-order valence-electron chi connectivity index (χ4n) is 3.15. The zero-order valence-corrected chi connectivity index (χ0v) is 12.9. The van der Waals surface area contributed by atoms with Crippen LogP contribution in [-0.2, 0) is 10.0 Å². The lowest BCUT2D eigenvalue weighted by atomic mass is 9.93. The molecule has 1 aliphatic heterocycles. The Morgan fingerprint density at radius 2 is 2.11 bits per heavy atom. The minimum absolute atomic E-state index is 0.476. The summed E-state index contributed by atoms with van der Waals surface area (Å²) in [5.41, 5.74) is 0. The molecule has 4 nitrogen and oxygen atoms in total. The van der Waals surface area contributed by atoms with E-state index in [0.29, 0.717) is 18.5 Å². The maximum absolute atomic E-state index is 11.5. The maximum Gasteiger partial charge on any atom is 0.210 e. The summed E-state index contributed by atoms with van der Waals surface area (Å²) in [6.45, 7) is 2.86. The van der Waals surface area contributed by atoms with E-state index in [2.05, 4.69) is 17.1 Å². The van der Waals surface area contributed by atoms with E-state index in [1.54, 1.807) is 7.05 Å². The van der Waals surface area contributed by atoms with E-state index < -0.39 is 10.0 Å². The summed E-state index contributed by atoms with van der Waals surface area (Å²) >= 11 is 0. The second-order valence-corrected chi connectivity index (χ2v) is 8.06. The molecule has 2 aliphatic rings. The van der Waals surface area contributed by atoms with Gasteiger partial charge in [-0.15, -0.1) is 0 Å². The lowest BCUT2D eigenvalue weighted by molar-refractivity contribution is 0.127. The maximum atomic E-state index is 11.5. The second-order valence-electron chi connectivity index (χ2n) is 5.97. The summed E-state index contributed by atoms with van der Waals surface area (Å²) in [7, 11) is -1.35. The first-order valence-corrected chi connectivity index (χ1v) is 9.13. The molecule has 0 aromatic rings. The fraction of sp³-hybridized carbons (Fsp3) is 0.857. The van der Waals surface area contributed by atoms with E-state index in [1.165, 1.54) is 36.2 Å². The van der Waals surface area contributed by atoms with Crippen molar-refractivity contribution in [1.82, 2.24) is 9.21 Å². The normalized spacial score (nSPS) is 29.8. The largest absolute Gasteiger partial charge is 0.297 e. The smallest absolute Gasteiger partial charge is 0.210 e. The van der Waals surface area contributed by atoms with Crippen LogP contribution >= 0.6 is 0 Å². The monoisotopic (exact) mass is 286 g/mol.